The minimum absolute atomic E-state index is 0.292. The molecule has 0 spiro atoms. The molecule has 0 aliphatic carbocycles. The molecular formula is C19H25N3O. The van der Waals surface area contributed by atoms with Crippen LogP contribution in [0.5, 0.6) is 5.75 Å². The van der Waals surface area contributed by atoms with Gasteiger partial charge in [0.05, 0.1) is 11.4 Å². The molecule has 2 rings (SSSR count). The minimum Gasteiger partial charge on any atom is -0.487 e. The Balaban J connectivity index is 1.94. The normalized spacial score (nSPS) is 11.6. The number of hydrogen-bond donors (Lipinski definition) is 2. The summed E-state index contributed by atoms with van der Waals surface area (Å²) in [5.41, 5.74) is 9.86. The average Bonchev–Trinajstić information content (AvgIpc) is 2.53. The van der Waals surface area contributed by atoms with Gasteiger partial charge in [0.25, 0.3) is 0 Å². The Morgan fingerprint density at radius 1 is 1.17 bits per heavy atom. The number of benzene rings is 2. The summed E-state index contributed by atoms with van der Waals surface area (Å²) >= 11 is 0. The molecule has 4 heteroatoms. The summed E-state index contributed by atoms with van der Waals surface area (Å²) in [4.78, 5) is 0. The van der Waals surface area contributed by atoms with Gasteiger partial charge in [-0.15, -0.1) is 0 Å². The molecule has 4 N–H and O–H groups in total. The second-order valence-electron chi connectivity index (χ2n) is 5.96. The lowest BCUT2D eigenvalue weighted by Gasteiger charge is -2.16. The van der Waals surface area contributed by atoms with Crippen LogP contribution in [-0.4, -0.2) is 6.61 Å². The lowest BCUT2D eigenvalue weighted by atomic mass is 10.0. The summed E-state index contributed by atoms with van der Waals surface area (Å²) in [5.74, 6) is 7.31. The van der Waals surface area contributed by atoms with E-state index in [9.17, 15) is 0 Å². The highest BCUT2D eigenvalue weighted by molar-refractivity contribution is 5.49. The Morgan fingerprint density at radius 3 is 2.48 bits per heavy atom. The number of nitrogens with two attached hydrogens (primary N) is 2. The third-order valence-electron chi connectivity index (χ3n) is 3.56. The zero-order chi connectivity index (χ0) is 16.8. The van der Waals surface area contributed by atoms with Crippen LogP contribution in [0.25, 0.3) is 0 Å². The van der Waals surface area contributed by atoms with E-state index >= 15 is 0 Å². The smallest absolute Gasteiger partial charge is 0.129 e. The van der Waals surface area contributed by atoms with Crippen LogP contribution < -0.4 is 21.3 Å². The van der Waals surface area contributed by atoms with E-state index in [-0.39, 0.29) is 0 Å². The first-order valence-electron chi connectivity index (χ1n) is 7.75. The van der Waals surface area contributed by atoms with Crippen molar-refractivity contribution in [2.75, 3.05) is 11.6 Å². The van der Waals surface area contributed by atoms with Crippen molar-refractivity contribution in [3.63, 3.8) is 0 Å². The fourth-order valence-electron chi connectivity index (χ4n) is 2.19. The molecule has 122 valence electrons. The van der Waals surface area contributed by atoms with E-state index in [0.717, 1.165) is 17.0 Å². The van der Waals surface area contributed by atoms with Gasteiger partial charge in [-0.25, -0.2) is 5.84 Å². The molecule has 0 saturated heterocycles. The van der Waals surface area contributed by atoms with Crippen molar-refractivity contribution in [2.24, 2.45) is 11.6 Å². The van der Waals surface area contributed by atoms with Crippen molar-refractivity contribution in [3.05, 3.63) is 71.6 Å². The fraction of sp³-hybridized carbons (Fsp3) is 0.263. The summed E-state index contributed by atoms with van der Waals surface area (Å²) < 4.78 is 5.69. The molecule has 23 heavy (non-hydrogen) atoms. The third kappa shape index (κ3) is 5.04. The molecule has 0 amide bonds. The van der Waals surface area contributed by atoms with Gasteiger partial charge < -0.3 is 10.5 Å². The highest BCUT2D eigenvalue weighted by atomic mass is 16.5. The molecule has 2 aromatic carbocycles. The molecule has 0 saturated carbocycles. The average molecular weight is 311 g/mol. The van der Waals surface area contributed by atoms with E-state index < -0.39 is 0 Å². The standard InChI is InChI=1S/C19H25N3O/c1-14(2)16-7-9-19(10-8-16)23-13-17(20)12-22(21)18-6-4-5-15(3)11-18/h4-12,14H,13,20-21H2,1-3H3/b17-12-. The molecule has 2 aromatic rings. The van der Waals surface area contributed by atoms with Crippen LogP contribution in [0.1, 0.15) is 30.9 Å². The lowest BCUT2D eigenvalue weighted by Crippen LogP contribution is -2.27. The number of aryl methyl sites for hydroxylation is 1. The van der Waals surface area contributed by atoms with Crippen molar-refractivity contribution in [2.45, 2.75) is 26.7 Å². The number of hydrogen-bond acceptors (Lipinski definition) is 4. The molecule has 0 aromatic heterocycles. The molecule has 0 aliphatic rings. The lowest BCUT2D eigenvalue weighted by molar-refractivity contribution is 0.350. The Kier molecular flexibility index (Phi) is 5.66. The Hall–Kier alpha value is -2.46. The van der Waals surface area contributed by atoms with E-state index in [1.54, 1.807) is 6.20 Å². The van der Waals surface area contributed by atoms with Crippen molar-refractivity contribution >= 4 is 5.69 Å². The SMILES string of the molecule is Cc1cccc(N(N)/C=C(\N)COc2ccc(C(C)C)cc2)c1. The first-order valence-corrected chi connectivity index (χ1v) is 7.75. The summed E-state index contributed by atoms with van der Waals surface area (Å²) in [6.07, 6.45) is 1.68. The van der Waals surface area contributed by atoms with E-state index in [0.29, 0.717) is 18.2 Å². The van der Waals surface area contributed by atoms with Crippen molar-refractivity contribution in [1.82, 2.24) is 0 Å². The number of rotatable bonds is 6. The molecule has 0 atom stereocenters. The zero-order valence-corrected chi connectivity index (χ0v) is 14.0. The number of ether oxygens (including phenoxy) is 1. The molecule has 0 radical (unpaired) electrons. The Bertz CT molecular complexity index is 663. The van der Waals surface area contributed by atoms with Crippen LogP contribution in [0.4, 0.5) is 5.69 Å². The topological polar surface area (TPSA) is 64.5 Å². The second-order valence-corrected chi connectivity index (χ2v) is 5.96. The van der Waals surface area contributed by atoms with Gasteiger partial charge in [0.15, 0.2) is 0 Å². The maximum Gasteiger partial charge on any atom is 0.129 e. The van der Waals surface area contributed by atoms with Gasteiger partial charge in [-0.1, -0.05) is 38.1 Å². The third-order valence-corrected chi connectivity index (χ3v) is 3.56. The van der Waals surface area contributed by atoms with Crippen molar-refractivity contribution in [1.29, 1.82) is 0 Å². The van der Waals surface area contributed by atoms with Crippen LogP contribution in [0.15, 0.2) is 60.4 Å². The summed E-state index contributed by atoms with van der Waals surface area (Å²) in [7, 11) is 0. The summed E-state index contributed by atoms with van der Waals surface area (Å²) in [6.45, 7) is 6.64. The Labute approximate surface area is 138 Å². The molecule has 4 nitrogen and oxygen atoms in total. The quantitative estimate of drug-likeness (QED) is 0.631. The number of hydrazine groups is 1. The van der Waals surface area contributed by atoms with Crippen LogP contribution >= 0.6 is 0 Å². The van der Waals surface area contributed by atoms with Crippen LogP contribution in [0, 0.1) is 6.92 Å². The molecule has 0 bridgehead atoms. The minimum atomic E-state index is 0.292. The Morgan fingerprint density at radius 2 is 1.87 bits per heavy atom. The molecule has 0 heterocycles. The number of anilines is 1. The first kappa shape index (κ1) is 16.9. The van der Waals surface area contributed by atoms with Gasteiger partial charge in [0, 0.05) is 6.20 Å². The van der Waals surface area contributed by atoms with Gasteiger partial charge >= 0.3 is 0 Å². The molecule has 0 unspecified atom stereocenters. The summed E-state index contributed by atoms with van der Waals surface area (Å²) in [6, 6.07) is 16.0. The predicted octanol–water partition coefficient (Wildman–Crippen LogP) is 3.68. The van der Waals surface area contributed by atoms with Gasteiger partial charge in [0.2, 0.25) is 0 Å². The van der Waals surface area contributed by atoms with E-state index in [2.05, 4.69) is 26.0 Å². The largest absolute Gasteiger partial charge is 0.487 e. The van der Waals surface area contributed by atoms with Gasteiger partial charge in [0.1, 0.15) is 12.4 Å². The highest BCUT2D eigenvalue weighted by Gasteiger charge is 2.02. The van der Waals surface area contributed by atoms with Crippen LogP contribution in [0.2, 0.25) is 0 Å². The van der Waals surface area contributed by atoms with Gasteiger partial charge in [-0.05, 0) is 48.2 Å². The van der Waals surface area contributed by atoms with Gasteiger partial charge in [-0.3, -0.25) is 5.01 Å². The molecule has 0 fully saturated rings. The molecule has 0 aliphatic heterocycles. The van der Waals surface area contributed by atoms with E-state index in [4.69, 9.17) is 16.3 Å². The molecular weight excluding hydrogens is 286 g/mol. The maximum atomic E-state index is 6.01. The van der Waals surface area contributed by atoms with Crippen molar-refractivity contribution < 1.29 is 4.74 Å². The van der Waals surface area contributed by atoms with E-state index in [1.165, 1.54) is 10.6 Å². The highest BCUT2D eigenvalue weighted by Crippen LogP contribution is 2.19. The maximum absolute atomic E-state index is 6.01. The first-order chi connectivity index (χ1) is 11.0. The van der Waals surface area contributed by atoms with Crippen molar-refractivity contribution in [3.8, 4) is 5.75 Å². The summed E-state index contributed by atoms with van der Waals surface area (Å²) in [5, 5.41) is 1.51. The fourth-order valence-corrected chi connectivity index (χ4v) is 2.19. The van der Waals surface area contributed by atoms with Gasteiger partial charge in [-0.2, -0.15) is 0 Å². The van der Waals surface area contributed by atoms with E-state index in [1.807, 2.05) is 43.3 Å². The second kappa shape index (κ2) is 7.70. The van der Waals surface area contributed by atoms with Crippen LogP contribution in [-0.2, 0) is 0 Å². The number of nitrogens with zero attached hydrogens (tertiary/aromatic N) is 1. The zero-order valence-electron chi connectivity index (χ0n) is 14.0. The monoisotopic (exact) mass is 311 g/mol. The van der Waals surface area contributed by atoms with Crippen LogP contribution in [0.3, 0.4) is 0 Å². The predicted molar refractivity (Wildman–Crippen MR) is 96.1 cm³/mol.